The molecule has 0 bridgehead atoms. The molecule has 0 saturated heterocycles. The van der Waals surface area contributed by atoms with E-state index < -0.39 is 10.8 Å². The molecular formula is C9H20OS. The first-order chi connectivity index (χ1) is 5.30. The van der Waals surface area contributed by atoms with E-state index in [0.717, 1.165) is 0 Å². The molecule has 1 saturated carbocycles. The molecule has 0 aromatic heterocycles. The molecule has 0 spiro atoms. The lowest BCUT2D eigenvalue weighted by Gasteiger charge is -2.18. The zero-order valence-electron chi connectivity index (χ0n) is 7.93. The molecule has 1 aliphatic carbocycles. The smallest absolute Gasteiger partial charge is 0.0345 e. The Labute approximate surface area is 73.0 Å². The third-order valence-corrected chi connectivity index (χ3v) is 3.43. The fraction of sp³-hybridized carbons (Fsp3) is 1.00. The molecule has 0 amide bonds. The Balaban J connectivity index is 0.000000461. The van der Waals surface area contributed by atoms with Crippen LogP contribution >= 0.6 is 0 Å². The molecule has 0 aromatic rings. The highest BCUT2D eigenvalue weighted by Crippen LogP contribution is 2.20. The minimum atomic E-state index is -0.552. The van der Waals surface area contributed by atoms with Crippen LogP contribution in [0.1, 0.15) is 46.0 Å². The second-order valence-electron chi connectivity index (χ2n) is 2.76. The topological polar surface area (TPSA) is 17.1 Å². The van der Waals surface area contributed by atoms with Crippen molar-refractivity contribution in [1.82, 2.24) is 0 Å². The molecule has 2 heteroatoms. The number of rotatable bonds is 1. The van der Waals surface area contributed by atoms with Gasteiger partial charge in [-0.1, -0.05) is 33.1 Å². The van der Waals surface area contributed by atoms with Crippen LogP contribution in [-0.4, -0.2) is 15.7 Å². The normalized spacial score (nSPS) is 21.7. The highest BCUT2D eigenvalue weighted by molar-refractivity contribution is 7.84. The van der Waals surface area contributed by atoms with E-state index in [4.69, 9.17) is 0 Å². The van der Waals surface area contributed by atoms with Gasteiger partial charge in [0.1, 0.15) is 0 Å². The summed E-state index contributed by atoms with van der Waals surface area (Å²) >= 11 is 0. The first kappa shape index (κ1) is 11.2. The maximum Gasteiger partial charge on any atom is 0.0345 e. The van der Waals surface area contributed by atoms with E-state index in [-0.39, 0.29) is 0 Å². The third-order valence-electron chi connectivity index (χ3n) is 2.02. The van der Waals surface area contributed by atoms with Crippen molar-refractivity contribution >= 4 is 10.8 Å². The molecule has 68 valence electrons. The summed E-state index contributed by atoms with van der Waals surface area (Å²) in [5, 5.41) is 0.527. The first-order valence-electron chi connectivity index (χ1n) is 4.63. The van der Waals surface area contributed by atoms with E-state index >= 15 is 0 Å². The van der Waals surface area contributed by atoms with Crippen molar-refractivity contribution in [3.8, 4) is 0 Å². The SMILES string of the molecule is CC.CS(=O)C1CCCCC1. The summed E-state index contributed by atoms with van der Waals surface area (Å²) in [6, 6.07) is 0. The average molecular weight is 176 g/mol. The van der Waals surface area contributed by atoms with Crippen LogP contribution in [0.15, 0.2) is 0 Å². The summed E-state index contributed by atoms with van der Waals surface area (Å²) in [4.78, 5) is 0. The van der Waals surface area contributed by atoms with Crippen molar-refractivity contribution in [2.45, 2.75) is 51.2 Å². The summed E-state index contributed by atoms with van der Waals surface area (Å²) in [6.45, 7) is 4.00. The molecule has 11 heavy (non-hydrogen) atoms. The Morgan fingerprint density at radius 2 is 1.55 bits per heavy atom. The maximum absolute atomic E-state index is 10.9. The van der Waals surface area contributed by atoms with E-state index in [1.165, 1.54) is 32.1 Å². The van der Waals surface area contributed by atoms with Crippen molar-refractivity contribution < 1.29 is 4.21 Å². The Morgan fingerprint density at radius 3 is 1.82 bits per heavy atom. The Bertz CT molecular complexity index is 106. The molecule has 0 aliphatic heterocycles. The molecule has 0 aromatic carbocycles. The lowest BCUT2D eigenvalue weighted by Crippen LogP contribution is -2.16. The van der Waals surface area contributed by atoms with Gasteiger partial charge in [-0.15, -0.1) is 0 Å². The fourth-order valence-corrected chi connectivity index (χ4v) is 2.39. The van der Waals surface area contributed by atoms with Gasteiger partial charge < -0.3 is 0 Å². The summed E-state index contributed by atoms with van der Waals surface area (Å²) in [6.07, 6.45) is 8.17. The lowest BCUT2D eigenvalue weighted by molar-refractivity contribution is 0.506. The number of hydrogen-bond donors (Lipinski definition) is 0. The minimum absolute atomic E-state index is 0.527. The Hall–Kier alpha value is 0.150. The molecule has 1 rings (SSSR count). The summed E-state index contributed by atoms with van der Waals surface area (Å²) in [7, 11) is -0.552. The average Bonchev–Trinajstić information content (AvgIpc) is 2.10. The van der Waals surface area contributed by atoms with E-state index in [0.29, 0.717) is 5.25 Å². The predicted octanol–water partition coefficient (Wildman–Crippen LogP) is 2.72. The van der Waals surface area contributed by atoms with Gasteiger partial charge in [0.15, 0.2) is 0 Å². The highest BCUT2D eigenvalue weighted by atomic mass is 32.2. The van der Waals surface area contributed by atoms with Gasteiger partial charge in [-0.2, -0.15) is 0 Å². The van der Waals surface area contributed by atoms with Gasteiger partial charge in [0.2, 0.25) is 0 Å². The van der Waals surface area contributed by atoms with Crippen molar-refractivity contribution in [2.75, 3.05) is 6.26 Å². The van der Waals surface area contributed by atoms with E-state index in [1.807, 2.05) is 20.1 Å². The molecule has 0 heterocycles. The molecule has 0 radical (unpaired) electrons. The largest absolute Gasteiger partial charge is 0.260 e. The van der Waals surface area contributed by atoms with E-state index in [2.05, 4.69) is 0 Å². The first-order valence-corrected chi connectivity index (χ1v) is 6.25. The van der Waals surface area contributed by atoms with Crippen LogP contribution in [0.5, 0.6) is 0 Å². The summed E-state index contributed by atoms with van der Waals surface area (Å²) in [5.41, 5.74) is 0. The van der Waals surface area contributed by atoms with Crippen LogP contribution < -0.4 is 0 Å². The molecule has 1 fully saturated rings. The maximum atomic E-state index is 10.9. The standard InChI is InChI=1S/C7H14OS.C2H6/c1-9(8)7-5-3-2-4-6-7;1-2/h7H,2-6H2,1H3;1-2H3. The minimum Gasteiger partial charge on any atom is -0.260 e. The quantitative estimate of drug-likeness (QED) is 0.600. The van der Waals surface area contributed by atoms with Crippen LogP contribution in [0.4, 0.5) is 0 Å². The van der Waals surface area contributed by atoms with Gasteiger partial charge in [0.05, 0.1) is 0 Å². The van der Waals surface area contributed by atoms with Crippen LogP contribution in [0, 0.1) is 0 Å². The third kappa shape index (κ3) is 4.57. The molecular weight excluding hydrogens is 156 g/mol. The van der Waals surface area contributed by atoms with Crippen LogP contribution in [0.25, 0.3) is 0 Å². The molecule has 1 aliphatic rings. The van der Waals surface area contributed by atoms with Gasteiger partial charge in [0, 0.05) is 22.3 Å². The van der Waals surface area contributed by atoms with Crippen LogP contribution in [0.2, 0.25) is 0 Å². The van der Waals surface area contributed by atoms with Crippen LogP contribution in [-0.2, 0) is 10.8 Å². The zero-order chi connectivity index (χ0) is 8.69. The van der Waals surface area contributed by atoms with Crippen molar-refractivity contribution in [3.63, 3.8) is 0 Å². The lowest BCUT2D eigenvalue weighted by atomic mass is 10.0. The molecule has 1 atom stereocenters. The Kier molecular flexibility index (Phi) is 6.93. The second kappa shape index (κ2) is 6.84. The zero-order valence-corrected chi connectivity index (χ0v) is 8.75. The van der Waals surface area contributed by atoms with E-state index in [1.54, 1.807) is 0 Å². The van der Waals surface area contributed by atoms with Crippen molar-refractivity contribution in [3.05, 3.63) is 0 Å². The van der Waals surface area contributed by atoms with Gasteiger partial charge in [0.25, 0.3) is 0 Å². The van der Waals surface area contributed by atoms with E-state index in [9.17, 15) is 4.21 Å². The molecule has 0 N–H and O–H groups in total. The Morgan fingerprint density at radius 1 is 1.09 bits per heavy atom. The van der Waals surface area contributed by atoms with Gasteiger partial charge >= 0.3 is 0 Å². The molecule has 1 unspecified atom stereocenters. The monoisotopic (exact) mass is 176 g/mol. The highest BCUT2D eigenvalue weighted by Gasteiger charge is 2.15. The summed E-state index contributed by atoms with van der Waals surface area (Å²) < 4.78 is 10.9. The van der Waals surface area contributed by atoms with Gasteiger partial charge in [-0.3, -0.25) is 4.21 Å². The van der Waals surface area contributed by atoms with Crippen molar-refractivity contribution in [1.29, 1.82) is 0 Å². The summed E-state index contributed by atoms with van der Waals surface area (Å²) in [5.74, 6) is 0. The predicted molar refractivity (Wildman–Crippen MR) is 52.3 cm³/mol. The fourth-order valence-electron chi connectivity index (χ4n) is 1.40. The number of hydrogen-bond acceptors (Lipinski definition) is 1. The van der Waals surface area contributed by atoms with Gasteiger partial charge in [-0.25, -0.2) is 0 Å². The van der Waals surface area contributed by atoms with Crippen LogP contribution in [0.3, 0.4) is 0 Å². The van der Waals surface area contributed by atoms with Crippen molar-refractivity contribution in [2.24, 2.45) is 0 Å². The molecule has 1 nitrogen and oxygen atoms in total. The second-order valence-corrected chi connectivity index (χ2v) is 4.42. The van der Waals surface area contributed by atoms with Gasteiger partial charge in [-0.05, 0) is 12.8 Å².